The molecule has 0 bridgehead atoms. The van der Waals surface area contributed by atoms with Crippen molar-refractivity contribution in [1.82, 2.24) is 14.5 Å². The lowest BCUT2D eigenvalue weighted by Gasteiger charge is -2.36. The lowest BCUT2D eigenvalue weighted by Crippen LogP contribution is -2.53. The Kier molecular flexibility index (Phi) is 7.60. The first-order valence-corrected chi connectivity index (χ1v) is 11.6. The maximum atomic E-state index is 13.8. The Balaban J connectivity index is 1.51. The van der Waals surface area contributed by atoms with Gasteiger partial charge in [0.1, 0.15) is 16.5 Å². The molecule has 1 atom stereocenters. The summed E-state index contributed by atoms with van der Waals surface area (Å²) in [5, 5.41) is 0. The lowest BCUT2D eigenvalue weighted by molar-refractivity contribution is -0.274. The first-order chi connectivity index (χ1) is 15.4. The molecule has 12 heteroatoms. The van der Waals surface area contributed by atoms with Crippen LogP contribution >= 0.6 is 0 Å². The third kappa shape index (κ3) is 6.89. The highest BCUT2D eigenvalue weighted by atomic mass is 32.2. The van der Waals surface area contributed by atoms with Gasteiger partial charge in [0.15, 0.2) is 0 Å². The number of halogens is 4. The van der Waals surface area contributed by atoms with Gasteiger partial charge in [-0.1, -0.05) is 24.3 Å². The van der Waals surface area contributed by atoms with E-state index in [0.29, 0.717) is 32.7 Å². The van der Waals surface area contributed by atoms with E-state index in [1.807, 2.05) is 4.90 Å². The van der Waals surface area contributed by atoms with Gasteiger partial charge in [-0.3, -0.25) is 9.69 Å². The number of sulfonamides is 1. The van der Waals surface area contributed by atoms with Crippen molar-refractivity contribution in [2.24, 2.45) is 0 Å². The zero-order chi connectivity index (χ0) is 24.2. The monoisotopic (exact) mass is 489 g/mol. The van der Waals surface area contributed by atoms with Gasteiger partial charge in [0.25, 0.3) is 0 Å². The van der Waals surface area contributed by atoms with Crippen molar-refractivity contribution in [1.29, 1.82) is 0 Å². The van der Waals surface area contributed by atoms with Crippen LogP contribution in [-0.2, 0) is 21.4 Å². The van der Waals surface area contributed by atoms with Crippen molar-refractivity contribution in [2.75, 3.05) is 26.2 Å². The van der Waals surface area contributed by atoms with Gasteiger partial charge >= 0.3 is 6.36 Å². The van der Waals surface area contributed by atoms with Crippen LogP contribution < -0.4 is 9.46 Å². The van der Waals surface area contributed by atoms with Crippen LogP contribution in [-0.4, -0.2) is 62.7 Å². The zero-order valence-electron chi connectivity index (χ0n) is 17.7. The maximum Gasteiger partial charge on any atom is 0.573 e. The van der Waals surface area contributed by atoms with E-state index in [9.17, 15) is 30.8 Å². The van der Waals surface area contributed by atoms with Gasteiger partial charge in [-0.2, -0.15) is 4.72 Å². The quantitative estimate of drug-likeness (QED) is 0.606. The summed E-state index contributed by atoms with van der Waals surface area (Å²) in [6.45, 7) is 3.57. The van der Waals surface area contributed by atoms with Crippen molar-refractivity contribution in [2.45, 2.75) is 30.8 Å². The van der Waals surface area contributed by atoms with Gasteiger partial charge < -0.3 is 9.64 Å². The van der Waals surface area contributed by atoms with Gasteiger partial charge in [0.2, 0.25) is 15.9 Å². The molecule has 1 aliphatic heterocycles. The summed E-state index contributed by atoms with van der Waals surface area (Å²) < 4.78 is 81.5. The van der Waals surface area contributed by atoms with Gasteiger partial charge in [-0.25, -0.2) is 12.8 Å². The molecule has 0 spiro atoms. The van der Waals surface area contributed by atoms with E-state index in [4.69, 9.17) is 0 Å². The number of piperazine rings is 1. The second-order valence-electron chi connectivity index (χ2n) is 7.57. The Morgan fingerprint density at radius 3 is 2.24 bits per heavy atom. The average molecular weight is 489 g/mol. The highest BCUT2D eigenvalue weighted by Crippen LogP contribution is 2.23. The minimum absolute atomic E-state index is 0.298. The first kappa shape index (κ1) is 24.9. The van der Waals surface area contributed by atoms with Crippen molar-refractivity contribution in [3.63, 3.8) is 0 Å². The topological polar surface area (TPSA) is 79.0 Å². The largest absolute Gasteiger partial charge is 0.573 e. The Labute approximate surface area is 189 Å². The van der Waals surface area contributed by atoms with Crippen LogP contribution in [0.15, 0.2) is 53.4 Å². The number of amides is 1. The summed E-state index contributed by atoms with van der Waals surface area (Å²) in [6.07, 6.45) is -4.75. The fourth-order valence-electron chi connectivity index (χ4n) is 3.46. The summed E-state index contributed by atoms with van der Waals surface area (Å²) in [5.41, 5.74) is 0.787. The molecule has 1 amide bonds. The molecule has 1 N–H and O–H groups in total. The van der Waals surface area contributed by atoms with E-state index in [1.165, 1.54) is 48.2 Å². The fraction of sp³-hybridized carbons (Fsp3) is 0.381. The summed E-state index contributed by atoms with van der Waals surface area (Å²) in [7, 11) is -4.20. The van der Waals surface area contributed by atoms with E-state index >= 15 is 0 Å². The molecule has 0 aliphatic carbocycles. The molecule has 2 aromatic rings. The number of alkyl halides is 3. The molecule has 0 aromatic heterocycles. The van der Waals surface area contributed by atoms with Crippen LogP contribution in [0.2, 0.25) is 0 Å². The third-order valence-corrected chi connectivity index (χ3v) is 6.65. The summed E-state index contributed by atoms with van der Waals surface area (Å²) in [4.78, 5) is 15.7. The Bertz CT molecular complexity index is 1070. The van der Waals surface area contributed by atoms with Crippen molar-refractivity contribution >= 4 is 15.9 Å². The van der Waals surface area contributed by atoms with Gasteiger partial charge in [-0.05, 0) is 36.8 Å². The van der Waals surface area contributed by atoms with E-state index < -0.39 is 39.0 Å². The normalized spacial score (nSPS) is 16.5. The van der Waals surface area contributed by atoms with Crippen molar-refractivity contribution in [3.8, 4) is 5.75 Å². The maximum absolute atomic E-state index is 13.8. The summed E-state index contributed by atoms with van der Waals surface area (Å²) in [6, 6.07) is 9.39. The van der Waals surface area contributed by atoms with E-state index in [1.54, 1.807) is 0 Å². The molecule has 1 saturated heterocycles. The van der Waals surface area contributed by atoms with Gasteiger partial charge in [-0.15, -0.1) is 13.2 Å². The second kappa shape index (κ2) is 10.1. The number of nitrogens with one attached hydrogen (secondary N) is 1. The Hall–Kier alpha value is -2.70. The molecule has 33 heavy (non-hydrogen) atoms. The molecular formula is C21H23F4N3O4S. The standard InChI is InChI=1S/C21H23F4N3O4S/c1-15(26-33(30,31)19-5-3-2-4-18(19)22)20(29)28-12-10-27(11-13-28)14-16-6-8-17(9-7-16)32-21(23,24)25/h2-9,15,26H,10-14H2,1H3/t15-/m1/s1. The Morgan fingerprint density at radius 1 is 1.06 bits per heavy atom. The fourth-order valence-corrected chi connectivity index (χ4v) is 4.74. The molecule has 3 rings (SSSR count). The van der Waals surface area contributed by atoms with Crippen LogP contribution in [0.5, 0.6) is 5.75 Å². The smallest absolute Gasteiger partial charge is 0.406 e. The van der Waals surface area contributed by atoms with E-state index in [2.05, 4.69) is 9.46 Å². The molecule has 1 aliphatic rings. The van der Waals surface area contributed by atoms with Gasteiger partial charge in [0, 0.05) is 32.7 Å². The molecule has 7 nitrogen and oxygen atoms in total. The lowest BCUT2D eigenvalue weighted by atomic mass is 10.2. The average Bonchev–Trinajstić information content (AvgIpc) is 2.74. The van der Waals surface area contributed by atoms with Crippen LogP contribution in [0.25, 0.3) is 0 Å². The number of carbonyl (C=O) groups is 1. The van der Waals surface area contributed by atoms with Crippen molar-refractivity contribution < 1.29 is 35.5 Å². The molecule has 1 fully saturated rings. The predicted octanol–water partition coefficient (Wildman–Crippen LogP) is 2.74. The van der Waals surface area contributed by atoms with Gasteiger partial charge in [0.05, 0.1) is 6.04 Å². The SMILES string of the molecule is C[C@@H](NS(=O)(=O)c1ccccc1F)C(=O)N1CCN(Cc2ccc(OC(F)(F)F)cc2)CC1. The second-order valence-corrected chi connectivity index (χ2v) is 9.25. The number of nitrogens with zero attached hydrogens (tertiary/aromatic N) is 2. The molecule has 0 saturated carbocycles. The van der Waals surface area contributed by atoms with E-state index in [0.717, 1.165) is 17.7 Å². The first-order valence-electron chi connectivity index (χ1n) is 10.1. The zero-order valence-corrected chi connectivity index (χ0v) is 18.5. The molecule has 0 unspecified atom stereocenters. The molecule has 180 valence electrons. The van der Waals surface area contributed by atoms with Crippen molar-refractivity contribution in [3.05, 3.63) is 59.9 Å². The highest BCUT2D eigenvalue weighted by molar-refractivity contribution is 7.89. The number of hydrogen-bond acceptors (Lipinski definition) is 5. The van der Waals surface area contributed by atoms with Crippen LogP contribution in [0.3, 0.4) is 0 Å². The molecular weight excluding hydrogens is 466 g/mol. The Morgan fingerprint density at radius 2 is 1.67 bits per heavy atom. The number of benzene rings is 2. The number of hydrogen-bond donors (Lipinski definition) is 1. The number of carbonyl (C=O) groups excluding carboxylic acids is 1. The minimum Gasteiger partial charge on any atom is -0.406 e. The highest BCUT2D eigenvalue weighted by Gasteiger charge is 2.31. The van der Waals surface area contributed by atoms with Crippen LogP contribution in [0.1, 0.15) is 12.5 Å². The molecule has 1 heterocycles. The third-order valence-electron chi connectivity index (χ3n) is 5.08. The predicted molar refractivity (Wildman–Crippen MR) is 111 cm³/mol. The number of rotatable bonds is 7. The molecule has 2 aromatic carbocycles. The van der Waals surface area contributed by atoms with Crippen LogP contribution in [0.4, 0.5) is 17.6 Å². The molecule has 0 radical (unpaired) electrons. The summed E-state index contributed by atoms with van der Waals surface area (Å²) in [5.74, 6) is -1.63. The number of ether oxygens (including phenoxy) is 1. The van der Waals surface area contributed by atoms with Crippen LogP contribution in [0, 0.1) is 5.82 Å². The van der Waals surface area contributed by atoms with E-state index in [-0.39, 0.29) is 5.75 Å². The minimum atomic E-state index is -4.75. The summed E-state index contributed by atoms with van der Waals surface area (Å²) >= 11 is 0.